The van der Waals surface area contributed by atoms with E-state index in [4.69, 9.17) is 0 Å². The van der Waals surface area contributed by atoms with Gasteiger partial charge >= 0.3 is 0 Å². The van der Waals surface area contributed by atoms with Crippen LogP contribution in [0.3, 0.4) is 0 Å². The lowest BCUT2D eigenvalue weighted by atomic mass is 10.1. The summed E-state index contributed by atoms with van der Waals surface area (Å²) in [5.74, 6) is -3.62. The SMILES string of the molecule is CC(=O)Nc1cccc(N2C[C@@H](C(=O)Nc3ccc(F)c(F)c3)CC2=O)c1. The molecule has 1 aliphatic rings. The van der Waals surface area contributed by atoms with Gasteiger partial charge in [-0.15, -0.1) is 0 Å². The van der Waals surface area contributed by atoms with E-state index in [2.05, 4.69) is 10.6 Å². The molecule has 0 unspecified atom stereocenters. The van der Waals surface area contributed by atoms with E-state index in [1.807, 2.05) is 0 Å². The molecular weight excluding hydrogens is 356 g/mol. The Bertz CT molecular complexity index is 917. The third-order valence-corrected chi connectivity index (χ3v) is 4.16. The number of halogens is 2. The van der Waals surface area contributed by atoms with Gasteiger partial charge in [0.25, 0.3) is 0 Å². The normalized spacial score (nSPS) is 16.3. The Hall–Kier alpha value is -3.29. The van der Waals surface area contributed by atoms with Crippen molar-refractivity contribution in [2.45, 2.75) is 13.3 Å². The highest BCUT2D eigenvalue weighted by atomic mass is 19.2. The third kappa shape index (κ3) is 4.28. The lowest BCUT2D eigenvalue weighted by Crippen LogP contribution is -2.28. The topological polar surface area (TPSA) is 78.5 Å². The van der Waals surface area contributed by atoms with Gasteiger partial charge in [-0.05, 0) is 30.3 Å². The highest BCUT2D eigenvalue weighted by molar-refractivity contribution is 6.04. The molecule has 0 spiro atoms. The first-order valence-electron chi connectivity index (χ1n) is 8.27. The van der Waals surface area contributed by atoms with Crippen molar-refractivity contribution in [3.05, 3.63) is 54.1 Å². The monoisotopic (exact) mass is 373 g/mol. The zero-order valence-corrected chi connectivity index (χ0v) is 14.5. The quantitative estimate of drug-likeness (QED) is 0.865. The van der Waals surface area contributed by atoms with E-state index in [0.29, 0.717) is 11.4 Å². The molecule has 0 radical (unpaired) electrons. The molecule has 2 aromatic carbocycles. The van der Waals surface area contributed by atoms with E-state index in [1.54, 1.807) is 24.3 Å². The number of carbonyl (C=O) groups is 3. The minimum atomic E-state index is -1.06. The number of nitrogens with zero attached hydrogens (tertiary/aromatic N) is 1. The number of nitrogens with one attached hydrogen (secondary N) is 2. The Kier molecular flexibility index (Phi) is 5.16. The van der Waals surface area contributed by atoms with Crippen LogP contribution in [0.5, 0.6) is 0 Å². The van der Waals surface area contributed by atoms with Crippen LogP contribution in [0.15, 0.2) is 42.5 Å². The van der Waals surface area contributed by atoms with E-state index in [1.165, 1.54) is 17.9 Å². The smallest absolute Gasteiger partial charge is 0.229 e. The molecule has 1 fully saturated rings. The van der Waals surface area contributed by atoms with Crippen LogP contribution in [0.2, 0.25) is 0 Å². The van der Waals surface area contributed by atoms with Crippen LogP contribution in [-0.2, 0) is 14.4 Å². The number of rotatable bonds is 4. The van der Waals surface area contributed by atoms with Crippen molar-refractivity contribution in [3.8, 4) is 0 Å². The Balaban J connectivity index is 1.70. The second-order valence-corrected chi connectivity index (χ2v) is 6.26. The first-order chi connectivity index (χ1) is 12.8. The number of benzene rings is 2. The average Bonchev–Trinajstić information content (AvgIpc) is 3.00. The second kappa shape index (κ2) is 7.53. The fourth-order valence-electron chi connectivity index (χ4n) is 2.91. The molecule has 1 atom stereocenters. The van der Waals surface area contributed by atoms with Crippen LogP contribution in [-0.4, -0.2) is 24.3 Å². The van der Waals surface area contributed by atoms with Crippen LogP contribution in [0.25, 0.3) is 0 Å². The van der Waals surface area contributed by atoms with Crippen molar-refractivity contribution in [3.63, 3.8) is 0 Å². The predicted octanol–water partition coefficient (Wildman–Crippen LogP) is 2.91. The van der Waals surface area contributed by atoms with Gasteiger partial charge in [-0.1, -0.05) is 6.07 Å². The zero-order chi connectivity index (χ0) is 19.6. The Labute approximate surface area is 154 Å². The average molecular weight is 373 g/mol. The largest absolute Gasteiger partial charge is 0.326 e. The maximum Gasteiger partial charge on any atom is 0.229 e. The predicted molar refractivity (Wildman–Crippen MR) is 96.2 cm³/mol. The molecule has 8 heteroatoms. The molecule has 140 valence electrons. The number of hydrogen-bond acceptors (Lipinski definition) is 3. The van der Waals surface area contributed by atoms with E-state index >= 15 is 0 Å². The lowest BCUT2D eigenvalue weighted by molar-refractivity contribution is -0.122. The number of amides is 3. The van der Waals surface area contributed by atoms with Gasteiger partial charge < -0.3 is 15.5 Å². The summed E-state index contributed by atoms with van der Waals surface area (Å²) in [6.45, 7) is 1.53. The molecule has 0 aliphatic carbocycles. The molecule has 1 heterocycles. The molecule has 27 heavy (non-hydrogen) atoms. The van der Waals surface area contributed by atoms with E-state index in [0.717, 1.165) is 12.1 Å². The molecule has 0 aromatic heterocycles. The van der Waals surface area contributed by atoms with E-state index in [-0.39, 0.29) is 30.5 Å². The summed E-state index contributed by atoms with van der Waals surface area (Å²) in [7, 11) is 0. The van der Waals surface area contributed by atoms with Gasteiger partial charge in [-0.2, -0.15) is 0 Å². The molecule has 3 amide bonds. The maximum absolute atomic E-state index is 13.3. The van der Waals surface area contributed by atoms with E-state index < -0.39 is 23.5 Å². The first kappa shape index (κ1) is 18.5. The molecule has 1 aliphatic heterocycles. The molecule has 6 nitrogen and oxygen atoms in total. The van der Waals surface area contributed by atoms with Crippen molar-refractivity contribution in [1.82, 2.24) is 0 Å². The first-order valence-corrected chi connectivity index (χ1v) is 8.27. The fourth-order valence-corrected chi connectivity index (χ4v) is 2.91. The Morgan fingerprint density at radius 1 is 1.04 bits per heavy atom. The van der Waals surface area contributed by atoms with Gasteiger partial charge in [0.2, 0.25) is 17.7 Å². The summed E-state index contributed by atoms with van der Waals surface area (Å²) in [4.78, 5) is 37.3. The van der Waals surface area contributed by atoms with Crippen LogP contribution >= 0.6 is 0 Å². The van der Waals surface area contributed by atoms with Crippen molar-refractivity contribution in [1.29, 1.82) is 0 Å². The van der Waals surface area contributed by atoms with Gasteiger partial charge in [0.05, 0.1) is 5.92 Å². The minimum Gasteiger partial charge on any atom is -0.326 e. The molecule has 2 aromatic rings. The summed E-state index contributed by atoms with van der Waals surface area (Å²) in [6, 6.07) is 9.81. The van der Waals surface area contributed by atoms with Crippen molar-refractivity contribution >= 4 is 34.8 Å². The third-order valence-electron chi connectivity index (χ3n) is 4.16. The Morgan fingerprint density at radius 3 is 2.48 bits per heavy atom. The summed E-state index contributed by atoms with van der Waals surface area (Å²) >= 11 is 0. The standard InChI is InChI=1S/C19H17F2N3O3/c1-11(25)22-13-3-2-4-15(8-13)24-10-12(7-18(24)26)19(27)23-14-5-6-16(20)17(21)9-14/h2-6,8-9,12H,7,10H2,1H3,(H,22,25)(H,23,27)/t12-/m0/s1. The summed E-state index contributed by atoms with van der Waals surface area (Å²) in [6.07, 6.45) is -0.000124. The van der Waals surface area contributed by atoms with Gasteiger partial charge in [0, 0.05) is 43.0 Å². The van der Waals surface area contributed by atoms with Gasteiger partial charge in [-0.25, -0.2) is 8.78 Å². The zero-order valence-electron chi connectivity index (χ0n) is 14.5. The van der Waals surface area contributed by atoms with E-state index in [9.17, 15) is 23.2 Å². The van der Waals surface area contributed by atoms with Crippen LogP contribution < -0.4 is 15.5 Å². The molecule has 0 bridgehead atoms. The molecule has 2 N–H and O–H groups in total. The highest BCUT2D eigenvalue weighted by Gasteiger charge is 2.35. The van der Waals surface area contributed by atoms with Crippen LogP contribution in [0, 0.1) is 17.6 Å². The Morgan fingerprint density at radius 2 is 1.78 bits per heavy atom. The number of hydrogen-bond donors (Lipinski definition) is 2. The van der Waals surface area contributed by atoms with Crippen molar-refractivity contribution in [2.75, 3.05) is 22.1 Å². The van der Waals surface area contributed by atoms with Gasteiger partial charge in [0.15, 0.2) is 11.6 Å². The second-order valence-electron chi connectivity index (χ2n) is 6.26. The van der Waals surface area contributed by atoms with Crippen molar-refractivity contribution < 1.29 is 23.2 Å². The lowest BCUT2D eigenvalue weighted by Gasteiger charge is -2.18. The maximum atomic E-state index is 13.3. The molecule has 1 saturated heterocycles. The molecular formula is C19H17F2N3O3. The highest BCUT2D eigenvalue weighted by Crippen LogP contribution is 2.28. The van der Waals surface area contributed by atoms with Crippen LogP contribution in [0.1, 0.15) is 13.3 Å². The molecule has 3 rings (SSSR count). The molecule has 0 saturated carbocycles. The van der Waals surface area contributed by atoms with Gasteiger partial charge in [0.1, 0.15) is 0 Å². The summed E-state index contributed by atoms with van der Waals surface area (Å²) in [5.41, 5.74) is 1.23. The summed E-state index contributed by atoms with van der Waals surface area (Å²) < 4.78 is 26.2. The summed E-state index contributed by atoms with van der Waals surface area (Å²) in [5, 5.41) is 5.14. The van der Waals surface area contributed by atoms with Crippen LogP contribution in [0.4, 0.5) is 25.8 Å². The number of anilines is 3. The fraction of sp³-hybridized carbons (Fsp3) is 0.211. The van der Waals surface area contributed by atoms with Crippen molar-refractivity contribution in [2.24, 2.45) is 5.92 Å². The van der Waals surface area contributed by atoms with Gasteiger partial charge in [-0.3, -0.25) is 14.4 Å². The minimum absolute atomic E-state index is 0.000124. The number of carbonyl (C=O) groups excluding carboxylic acids is 3.